The van der Waals surface area contributed by atoms with Gasteiger partial charge >= 0.3 is 12.0 Å². The van der Waals surface area contributed by atoms with E-state index in [1.54, 1.807) is 12.1 Å². The number of imide groups is 1. The zero-order valence-electron chi connectivity index (χ0n) is 20.4. The summed E-state index contributed by atoms with van der Waals surface area (Å²) in [6, 6.07) is 13.8. The highest BCUT2D eigenvalue weighted by molar-refractivity contribution is 6.32. The molecule has 3 aromatic rings. The number of halogens is 2. The smallest absolute Gasteiger partial charge is 0.335 e. The van der Waals surface area contributed by atoms with E-state index in [0.29, 0.717) is 16.0 Å². The summed E-state index contributed by atoms with van der Waals surface area (Å²) < 4.78 is 24.9. The van der Waals surface area contributed by atoms with Crippen LogP contribution in [0.2, 0.25) is 5.02 Å². The van der Waals surface area contributed by atoms with Crippen molar-refractivity contribution >= 4 is 47.2 Å². The Balaban J connectivity index is 1.46. The van der Waals surface area contributed by atoms with E-state index >= 15 is 0 Å². The Bertz CT molecular complexity index is 1490. The van der Waals surface area contributed by atoms with Gasteiger partial charge in [-0.3, -0.25) is 9.59 Å². The van der Waals surface area contributed by atoms with E-state index in [2.05, 4.69) is 10.6 Å². The van der Waals surface area contributed by atoms with Gasteiger partial charge in [0, 0.05) is 0 Å². The Labute approximate surface area is 226 Å². The largest absolute Gasteiger partial charge is 0.493 e. The van der Waals surface area contributed by atoms with Crippen molar-refractivity contribution in [3.8, 4) is 11.5 Å². The molecule has 200 valence electrons. The van der Waals surface area contributed by atoms with Crippen molar-refractivity contribution < 1.29 is 38.1 Å². The van der Waals surface area contributed by atoms with E-state index in [-0.39, 0.29) is 40.1 Å². The summed E-state index contributed by atoms with van der Waals surface area (Å²) in [5, 5.41) is 13.9. The van der Waals surface area contributed by atoms with Crippen molar-refractivity contribution in [1.82, 2.24) is 10.2 Å². The van der Waals surface area contributed by atoms with Gasteiger partial charge in [-0.05, 0) is 53.6 Å². The number of rotatable bonds is 9. The summed E-state index contributed by atoms with van der Waals surface area (Å²) in [6.07, 6.45) is 1.36. The van der Waals surface area contributed by atoms with Gasteiger partial charge in [-0.15, -0.1) is 0 Å². The minimum absolute atomic E-state index is 0.0772. The molecule has 3 aromatic carbocycles. The Morgan fingerprint density at radius 3 is 2.51 bits per heavy atom. The van der Waals surface area contributed by atoms with Crippen LogP contribution in [0.25, 0.3) is 6.08 Å². The number of para-hydroxylation sites is 1. The number of carbonyl (C=O) groups excluding carboxylic acids is 3. The highest BCUT2D eigenvalue weighted by Gasteiger charge is 2.35. The number of methoxy groups -OCH3 is 1. The molecule has 0 saturated carbocycles. The molecule has 0 bridgehead atoms. The highest BCUT2D eigenvalue weighted by Crippen LogP contribution is 2.37. The molecule has 0 unspecified atom stereocenters. The van der Waals surface area contributed by atoms with Crippen LogP contribution < -0.4 is 20.1 Å². The number of carbonyl (C=O) groups is 4. The second kappa shape index (κ2) is 11.7. The molecule has 4 amide bonds. The Kier molecular flexibility index (Phi) is 8.11. The molecule has 39 heavy (non-hydrogen) atoms. The summed E-state index contributed by atoms with van der Waals surface area (Å²) in [5.41, 5.74) is 1.05. The molecule has 1 aliphatic heterocycles. The van der Waals surface area contributed by atoms with Gasteiger partial charge in [0.05, 0.1) is 23.4 Å². The number of nitrogens with one attached hydrogen (secondary N) is 2. The average Bonchev–Trinajstić information content (AvgIpc) is 3.16. The number of carboxylic acid groups (broad SMARTS) is 1. The lowest BCUT2D eigenvalue weighted by Crippen LogP contribution is -2.38. The molecule has 0 spiro atoms. The molecular formula is C27H21ClFN3O7. The number of hydrogen-bond acceptors (Lipinski definition) is 6. The van der Waals surface area contributed by atoms with Gasteiger partial charge in [-0.1, -0.05) is 35.9 Å². The van der Waals surface area contributed by atoms with Gasteiger partial charge in [-0.25, -0.2) is 18.9 Å². The molecule has 0 radical (unpaired) electrons. The zero-order valence-corrected chi connectivity index (χ0v) is 21.1. The number of urea groups is 1. The lowest BCUT2D eigenvalue weighted by Gasteiger charge is -2.14. The van der Waals surface area contributed by atoms with Crippen LogP contribution in [0.15, 0.2) is 66.4 Å². The predicted molar refractivity (Wildman–Crippen MR) is 139 cm³/mol. The first-order chi connectivity index (χ1) is 18.7. The summed E-state index contributed by atoms with van der Waals surface area (Å²) in [6.45, 7) is -0.546. The van der Waals surface area contributed by atoms with Crippen molar-refractivity contribution in [3.63, 3.8) is 0 Å². The van der Waals surface area contributed by atoms with E-state index in [4.69, 9.17) is 26.2 Å². The maximum Gasteiger partial charge on any atom is 0.335 e. The average molecular weight is 554 g/mol. The van der Waals surface area contributed by atoms with E-state index in [0.717, 1.165) is 0 Å². The summed E-state index contributed by atoms with van der Waals surface area (Å²) in [4.78, 5) is 49.2. The Hall–Kier alpha value is -4.90. The molecule has 0 aromatic heterocycles. The molecule has 3 N–H and O–H groups in total. The van der Waals surface area contributed by atoms with Crippen LogP contribution in [0, 0.1) is 5.82 Å². The van der Waals surface area contributed by atoms with E-state index in [9.17, 15) is 23.6 Å². The number of nitrogens with zero attached hydrogens (tertiary/aromatic N) is 1. The highest BCUT2D eigenvalue weighted by atomic mass is 35.5. The van der Waals surface area contributed by atoms with Crippen molar-refractivity contribution in [2.24, 2.45) is 0 Å². The molecule has 1 fully saturated rings. The molecule has 12 heteroatoms. The Morgan fingerprint density at radius 2 is 1.85 bits per heavy atom. The van der Waals surface area contributed by atoms with E-state index < -0.39 is 36.2 Å². The van der Waals surface area contributed by atoms with Crippen LogP contribution in [0.1, 0.15) is 21.5 Å². The maximum absolute atomic E-state index is 13.8. The first kappa shape index (κ1) is 27.1. The number of benzene rings is 3. The number of ether oxygens (including phenoxy) is 2. The fraction of sp³-hybridized carbons (Fsp3) is 0.111. The van der Waals surface area contributed by atoms with Gasteiger partial charge in [0.2, 0.25) is 5.91 Å². The first-order valence-corrected chi connectivity index (χ1v) is 11.8. The van der Waals surface area contributed by atoms with Crippen LogP contribution in [0.4, 0.5) is 14.9 Å². The normalized spacial score (nSPS) is 13.8. The monoisotopic (exact) mass is 553 g/mol. The minimum Gasteiger partial charge on any atom is -0.493 e. The fourth-order valence-electron chi connectivity index (χ4n) is 3.64. The lowest BCUT2D eigenvalue weighted by molar-refractivity contribution is -0.127. The molecular weight excluding hydrogens is 533 g/mol. The van der Waals surface area contributed by atoms with Crippen LogP contribution >= 0.6 is 11.6 Å². The van der Waals surface area contributed by atoms with Gasteiger partial charge in [-0.2, -0.15) is 0 Å². The van der Waals surface area contributed by atoms with Crippen LogP contribution in [0.3, 0.4) is 0 Å². The lowest BCUT2D eigenvalue weighted by atomic mass is 10.1. The molecule has 0 atom stereocenters. The number of amides is 4. The van der Waals surface area contributed by atoms with E-state index in [1.165, 1.54) is 61.7 Å². The van der Waals surface area contributed by atoms with Crippen molar-refractivity contribution in [1.29, 1.82) is 0 Å². The molecule has 4 rings (SSSR count). The minimum atomic E-state index is -1.04. The van der Waals surface area contributed by atoms with Gasteiger partial charge in [0.25, 0.3) is 5.91 Å². The summed E-state index contributed by atoms with van der Waals surface area (Å²) in [7, 11) is 1.40. The van der Waals surface area contributed by atoms with E-state index in [1.807, 2.05) is 0 Å². The van der Waals surface area contributed by atoms with Crippen LogP contribution in [-0.2, 0) is 16.2 Å². The molecule has 1 heterocycles. The third-order valence-corrected chi connectivity index (χ3v) is 5.84. The third-order valence-electron chi connectivity index (χ3n) is 5.56. The number of carboxylic acids is 1. The van der Waals surface area contributed by atoms with Crippen molar-refractivity contribution in [2.45, 2.75) is 6.61 Å². The fourth-order valence-corrected chi connectivity index (χ4v) is 3.91. The predicted octanol–water partition coefficient (Wildman–Crippen LogP) is 4.30. The molecule has 1 saturated heterocycles. The topological polar surface area (TPSA) is 134 Å². The number of aromatic carboxylic acids is 1. The Morgan fingerprint density at radius 1 is 1.13 bits per heavy atom. The molecule has 1 aliphatic rings. The molecule has 0 aliphatic carbocycles. The van der Waals surface area contributed by atoms with Crippen molar-refractivity contribution in [3.05, 3.63) is 93.9 Å². The van der Waals surface area contributed by atoms with Crippen LogP contribution in [-0.4, -0.2) is 47.5 Å². The SMILES string of the molecule is COc1cc(/C=C2/NC(=O)N(CC(=O)Nc3ccccc3F)C2=O)cc(Cl)c1OCc1ccc(C(=O)O)cc1. The second-order valence-corrected chi connectivity index (χ2v) is 8.64. The van der Waals surface area contributed by atoms with Gasteiger partial charge < -0.3 is 25.2 Å². The summed E-state index contributed by atoms with van der Waals surface area (Å²) >= 11 is 6.41. The number of anilines is 1. The van der Waals surface area contributed by atoms with Crippen LogP contribution in [0.5, 0.6) is 11.5 Å². The second-order valence-electron chi connectivity index (χ2n) is 8.23. The number of hydrogen-bond donors (Lipinski definition) is 3. The van der Waals surface area contributed by atoms with Crippen molar-refractivity contribution in [2.75, 3.05) is 19.0 Å². The third kappa shape index (κ3) is 6.33. The standard InChI is InChI=1S/C27H21ClFN3O7/c1-38-22-12-16(10-18(28)24(22)39-14-15-6-8-17(9-7-15)26(35)36)11-21-25(34)32(27(37)31-21)13-23(33)30-20-5-3-2-4-19(20)29/h2-12H,13-14H2,1H3,(H,30,33)(H,31,37)(H,35,36)/b21-11+. The molecule has 10 nitrogen and oxygen atoms in total. The maximum atomic E-state index is 13.8. The zero-order chi connectivity index (χ0) is 28.1. The quantitative estimate of drug-likeness (QED) is 0.266. The van der Waals surface area contributed by atoms with Gasteiger partial charge in [0.1, 0.15) is 24.7 Å². The summed E-state index contributed by atoms with van der Waals surface area (Å²) in [5.74, 6) is -2.75. The first-order valence-electron chi connectivity index (χ1n) is 11.4. The van der Waals surface area contributed by atoms with Gasteiger partial charge in [0.15, 0.2) is 11.5 Å².